The van der Waals surface area contributed by atoms with Gasteiger partial charge in [0.15, 0.2) is 5.01 Å². The Morgan fingerprint density at radius 3 is 2.68 bits per heavy atom. The molecule has 3 aliphatic rings. The zero-order valence-corrected chi connectivity index (χ0v) is 19.6. The number of nitrogens with two attached hydrogens (primary N) is 1. The van der Waals surface area contributed by atoms with Crippen LogP contribution in [-0.4, -0.2) is 78.3 Å². The second-order valence-electron chi connectivity index (χ2n) is 8.49. The molecule has 2 aromatic rings. The van der Waals surface area contributed by atoms with Gasteiger partial charge in [0.1, 0.15) is 11.9 Å². The van der Waals surface area contributed by atoms with Crippen LogP contribution < -0.4 is 10.5 Å². The van der Waals surface area contributed by atoms with Crippen LogP contribution in [0.1, 0.15) is 33.1 Å². The van der Waals surface area contributed by atoms with E-state index in [1.807, 2.05) is 18.2 Å². The molecule has 4 heterocycles. The van der Waals surface area contributed by atoms with Crippen LogP contribution >= 0.6 is 11.3 Å². The molecular weight excluding hydrogens is 454 g/mol. The van der Waals surface area contributed by atoms with Crippen molar-refractivity contribution in [2.45, 2.75) is 25.4 Å². The molecule has 2 fully saturated rings. The number of aromatic nitrogens is 1. The SMILES string of the molecule is N=C/C(=C\N)c1ccc2c(c1)OCCc1sc(C(=O)N3CCN(C(=O)[C@H]4CCCO4)CC3)nc1-2. The highest BCUT2D eigenvalue weighted by molar-refractivity contribution is 7.14. The predicted octanol–water partition coefficient (Wildman–Crippen LogP) is 2.16. The number of nitrogens with one attached hydrogen (secondary N) is 1. The molecule has 1 aromatic heterocycles. The average molecular weight is 482 g/mol. The van der Waals surface area contributed by atoms with Gasteiger partial charge in [0.2, 0.25) is 0 Å². The minimum atomic E-state index is -0.324. The molecule has 2 saturated heterocycles. The molecule has 178 valence electrons. The van der Waals surface area contributed by atoms with E-state index in [1.165, 1.54) is 23.8 Å². The number of amides is 2. The molecule has 3 N–H and O–H groups in total. The van der Waals surface area contributed by atoms with Crippen molar-refractivity contribution < 1.29 is 19.1 Å². The smallest absolute Gasteiger partial charge is 0.282 e. The third-order valence-corrected chi connectivity index (χ3v) is 7.56. The molecule has 0 radical (unpaired) electrons. The van der Waals surface area contributed by atoms with E-state index >= 15 is 0 Å². The molecule has 0 bridgehead atoms. The second-order valence-corrected chi connectivity index (χ2v) is 9.57. The maximum Gasteiger partial charge on any atom is 0.282 e. The topological polar surface area (TPSA) is 122 Å². The fourth-order valence-electron chi connectivity index (χ4n) is 4.56. The first-order valence-corrected chi connectivity index (χ1v) is 12.3. The van der Waals surface area contributed by atoms with E-state index in [-0.39, 0.29) is 17.9 Å². The first-order chi connectivity index (χ1) is 16.6. The van der Waals surface area contributed by atoms with Crippen molar-refractivity contribution in [2.75, 3.05) is 39.4 Å². The number of fused-ring (bicyclic) bond motifs is 3. The van der Waals surface area contributed by atoms with Crippen LogP contribution in [0, 0.1) is 5.41 Å². The first-order valence-electron chi connectivity index (χ1n) is 11.5. The zero-order valence-electron chi connectivity index (χ0n) is 18.8. The van der Waals surface area contributed by atoms with E-state index in [0.29, 0.717) is 62.1 Å². The summed E-state index contributed by atoms with van der Waals surface area (Å²) in [4.78, 5) is 35.1. The molecule has 1 atom stereocenters. The Morgan fingerprint density at radius 2 is 1.97 bits per heavy atom. The lowest BCUT2D eigenvalue weighted by Crippen LogP contribution is -2.52. The van der Waals surface area contributed by atoms with Gasteiger partial charge in [-0.25, -0.2) is 4.98 Å². The third kappa shape index (κ3) is 4.19. The summed E-state index contributed by atoms with van der Waals surface area (Å²) in [7, 11) is 0. The maximum atomic E-state index is 13.2. The van der Waals surface area contributed by atoms with Crippen molar-refractivity contribution in [3.05, 3.63) is 39.8 Å². The molecule has 10 heteroatoms. The second kappa shape index (κ2) is 9.55. The molecule has 1 aromatic carbocycles. The summed E-state index contributed by atoms with van der Waals surface area (Å²) in [5.41, 5.74) is 8.62. The third-order valence-electron chi connectivity index (χ3n) is 6.46. The Bertz CT molecular complexity index is 1150. The molecule has 34 heavy (non-hydrogen) atoms. The summed E-state index contributed by atoms with van der Waals surface area (Å²) in [6.45, 7) is 3.13. The molecule has 2 amide bonds. The monoisotopic (exact) mass is 481 g/mol. The van der Waals surface area contributed by atoms with Gasteiger partial charge in [-0.15, -0.1) is 11.3 Å². The fourth-order valence-corrected chi connectivity index (χ4v) is 5.59. The van der Waals surface area contributed by atoms with Gasteiger partial charge in [0.05, 0.1) is 12.3 Å². The summed E-state index contributed by atoms with van der Waals surface area (Å²) >= 11 is 1.41. The minimum Gasteiger partial charge on any atom is -0.492 e. The number of hydrogen-bond acceptors (Lipinski definition) is 8. The van der Waals surface area contributed by atoms with Crippen LogP contribution in [0.15, 0.2) is 24.4 Å². The van der Waals surface area contributed by atoms with Crippen molar-refractivity contribution in [1.82, 2.24) is 14.8 Å². The molecule has 0 unspecified atom stereocenters. The van der Waals surface area contributed by atoms with Gasteiger partial charge in [0.25, 0.3) is 11.8 Å². The number of thiazole rings is 1. The van der Waals surface area contributed by atoms with Gasteiger partial charge in [-0.2, -0.15) is 0 Å². The number of hydrogen-bond donors (Lipinski definition) is 2. The average Bonchev–Trinajstić information content (AvgIpc) is 3.52. The number of carbonyl (C=O) groups excluding carboxylic acids is 2. The van der Waals surface area contributed by atoms with E-state index in [4.69, 9.17) is 25.6 Å². The van der Waals surface area contributed by atoms with E-state index in [1.54, 1.807) is 9.80 Å². The van der Waals surface area contributed by atoms with Crippen molar-refractivity contribution in [3.63, 3.8) is 0 Å². The highest BCUT2D eigenvalue weighted by Crippen LogP contribution is 2.39. The number of piperazine rings is 1. The van der Waals surface area contributed by atoms with Crippen LogP contribution in [0.25, 0.3) is 16.8 Å². The fraction of sp³-hybridized carbons (Fsp3) is 0.417. The van der Waals surface area contributed by atoms with Gasteiger partial charge in [0, 0.05) is 67.6 Å². The predicted molar refractivity (Wildman–Crippen MR) is 129 cm³/mol. The Balaban J connectivity index is 1.32. The summed E-state index contributed by atoms with van der Waals surface area (Å²) in [6, 6.07) is 5.65. The summed E-state index contributed by atoms with van der Waals surface area (Å²) < 4.78 is 11.5. The highest BCUT2D eigenvalue weighted by atomic mass is 32.1. The Kier molecular flexibility index (Phi) is 6.34. The van der Waals surface area contributed by atoms with Gasteiger partial charge in [-0.3, -0.25) is 9.59 Å². The summed E-state index contributed by atoms with van der Waals surface area (Å²) in [5.74, 6) is 0.610. The number of ether oxygens (including phenoxy) is 2. The van der Waals surface area contributed by atoms with E-state index in [9.17, 15) is 9.59 Å². The molecule has 0 spiro atoms. The quantitative estimate of drug-likeness (QED) is 0.646. The van der Waals surface area contributed by atoms with E-state index < -0.39 is 0 Å². The van der Waals surface area contributed by atoms with Crippen LogP contribution in [-0.2, 0) is 16.0 Å². The Morgan fingerprint density at radius 1 is 1.18 bits per heavy atom. The normalized spacial score (nSPS) is 20.2. The molecule has 5 rings (SSSR count). The molecule has 0 aliphatic carbocycles. The van der Waals surface area contributed by atoms with E-state index in [0.717, 1.165) is 34.5 Å². The van der Waals surface area contributed by atoms with Gasteiger partial charge >= 0.3 is 0 Å². The standard InChI is InChI=1S/C24H27N5O4S/c25-13-16(14-26)15-3-4-17-19(12-15)33-11-5-20-21(17)27-22(34-20)24(31)29-8-6-28(7-9-29)23(30)18-2-1-10-32-18/h3-4,12-14,18,25H,1-2,5-11,26H2/b16-14+,25-13?/t18-/m1/s1. The zero-order chi connectivity index (χ0) is 23.7. The van der Waals surface area contributed by atoms with Crippen molar-refractivity contribution >= 4 is 34.9 Å². The van der Waals surface area contributed by atoms with Crippen LogP contribution in [0.2, 0.25) is 0 Å². The number of rotatable bonds is 4. The maximum absolute atomic E-state index is 13.2. The lowest BCUT2D eigenvalue weighted by atomic mass is 10.0. The summed E-state index contributed by atoms with van der Waals surface area (Å²) in [5, 5.41) is 7.99. The van der Waals surface area contributed by atoms with Gasteiger partial charge in [-0.1, -0.05) is 6.07 Å². The minimum absolute atomic E-state index is 0.0391. The molecule has 0 saturated carbocycles. The lowest BCUT2D eigenvalue weighted by Gasteiger charge is -2.35. The first kappa shape index (κ1) is 22.5. The molecule has 9 nitrogen and oxygen atoms in total. The Hall–Kier alpha value is -3.24. The van der Waals surface area contributed by atoms with Crippen LogP contribution in [0.4, 0.5) is 0 Å². The van der Waals surface area contributed by atoms with Gasteiger partial charge < -0.3 is 30.4 Å². The Labute approximate surface area is 201 Å². The van der Waals surface area contributed by atoms with Crippen LogP contribution in [0.3, 0.4) is 0 Å². The van der Waals surface area contributed by atoms with Crippen molar-refractivity contribution in [2.24, 2.45) is 5.73 Å². The number of allylic oxidation sites excluding steroid dienone is 1. The number of carbonyl (C=O) groups is 2. The summed E-state index contributed by atoms with van der Waals surface area (Å²) in [6.07, 6.45) is 4.64. The van der Waals surface area contributed by atoms with Crippen molar-refractivity contribution in [1.29, 1.82) is 5.41 Å². The number of nitrogens with zero attached hydrogens (tertiary/aromatic N) is 3. The van der Waals surface area contributed by atoms with E-state index in [2.05, 4.69) is 0 Å². The van der Waals surface area contributed by atoms with Gasteiger partial charge in [-0.05, 0) is 30.5 Å². The molecule has 3 aliphatic heterocycles. The highest BCUT2D eigenvalue weighted by Gasteiger charge is 2.33. The molecular formula is C24H27N5O4S. The van der Waals surface area contributed by atoms with Crippen molar-refractivity contribution in [3.8, 4) is 17.0 Å². The number of benzene rings is 1. The van der Waals surface area contributed by atoms with Crippen LogP contribution in [0.5, 0.6) is 5.75 Å². The largest absolute Gasteiger partial charge is 0.492 e. The lowest BCUT2D eigenvalue weighted by molar-refractivity contribution is -0.142.